The highest BCUT2D eigenvalue weighted by molar-refractivity contribution is 7.16. The van der Waals surface area contributed by atoms with Crippen LogP contribution in [0.2, 0.25) is 0 Å². The van der Waals surface area contributed by atoms with Gasteiger partial charge in [0.1, 0.15) is 5.82 Å². The van der Waals surface area contributed by atoms with Gasteiger partial charge in [0.05, 0.1) is 5.39 Å². The molecule has 2 aromatic carbocycles. The van der Waals surface area contributed by atoms with Gasteiger partial charge < -0.3 is 0 Å². The molecule has 2 aromatic heterocycles. The van der Waals surface area contributed by atoms with Crippen molar-refractivity contribution < 1.29 is 14.0 Å². The van der Waals surface area contributed by atoms with Crippen LogP contribution >= 0.6 is 11.3 Å². The van der Waals surface area contributed by atoms with Gasteiger partial charge in [-0.1, -0.05) is 43.3 Å². The molecule has 4 aromatic rings. The summed E-state index contributed by atoms with van der Waals surface area (Å²) >= 11 is 1.34. The second kappa shape index (κ2) is 10.2. The highest BCUT2D eigenvalue weighted by Crippen LogP contribution is 2.30. The molecule has 0 saturated carbocycles. The fraction of sp³-hybridized carbons (Fsp3) is 0.120. The van der Waals surface area contributed by atoms with Gasteiger partial charge in [-0.15, -0.1) is 11.3 Å². The van der Waals surface area contributed by atoms with Crippen LogP contribution in [0.25, 0.3) is 27.3 Å². The highest BCUT2D eigenvalue weighted by Gasteiger charge is 2.16. The lowest BCUT2D eigenvalue weighted by atomic mass is 10.1. The minimum atomic E-state index is -0.638. The van der Waals surface area contributed by atoms with Crippen LogP contribution in [0.4, 0.5) is 4.39 Å². The maximum atomic E-state index is 14.0. The predicted molar refractivity (Wildman–Crippen MR) is 131 cm³/mol. The molecular formula is C25H21FN4O3S. The molecule has 0 aliphatic heterocycles. The zero-order chi connectivity index (χ0) is 24.1. The third-order valence-electron chi connectivity index (χ3n) is 4.98. The first-order chi connectivity index (χ1) is 16.5. The van der Waals surface area contributed by atoms with Crippen LogP contribution in [-0.4, -0.2) is 21.6 Å². The Morgan fingerprint density at radius 3 is 2.53 bits per heavy atom. The first-order valence-corrected chi connectivity index (χ1v) is 11.4. The molecule has 0 aliphatic rings. The van der Waals surface area contributed by atoms with Gasteiger partial charge in [-0.3, -0.25) is 25.2 Å². The minimum Gasteiger partial charge on any atom is -0.268 e. The number of nitrogens with one attached hydrogen (secondary N) is 2. The van der Waals surface area contributed by atoms with Crippen molar-refractivity contribution in [1.82, 2.24) is 20.6 Å². The zero-order valence-electron chi connectivity index (χ0n) is 18.2. The third-order valence-corrected chi connectivity index (χ3v) is 6.07. The molecule has 9 heteroatoms. The number of aryl methyl sites for hydroxylation is 1. The molecule has 0 atom stereocenters. The first-order valence-electron chi connectivity index (χ1n) is 10.6. The molecule has 2 N–H and O–H groups in total. The number of nitrogens with zero attached hydrogens (tertiary/aromatic N) is 2. The normalized spacial score (nSPS) is 11.1. The summed E-state index contributed by atoms with van der Waals surface area (Å²) in [7, 11) is 0. The van der Waals surface area contributed by atoms with E-state index < -0.39 is 11.8 Å². The molecule has 2 heterocycles. The molecule has 4 rings (SSSR count). The van der Waals surface area contributed by atoms with Gasteiger partial charge in [-0.05, 0) is 36.8 Å². The van der Waals surface area contributed by atoms with Gasteiger partial charge in [0.15, 0.2) is 5.69 Å². The van der Waals surface area contributed by atoms with Crippen LogP contribution in [0, 0.1) is 5.82 Å². The van der Waals surface area contributed by atoms with Gasteiger partial charge in [0.2, 0.25) is 0 Å². The van der Waals surface area contributed by atoms with Crippen molar-refractivity contribution in [3.8, 4) is 10.4 Å². The van der Waals surface area contributed by atoms with E-state index in [-0.39, 0.29) is 17.1 Å². The van der Waals surface area contributed by atoms with Crippen molar-refractivity contribution in [3.05, 3.63) is 93.5 Å². The lowest BCUT2D eigenvalue weighted by molar-refractivity contribution is -0.117. The molecule has 34 heavy (non-hydrogen) atoms. The number of halogens is 1. The lowest BCUT2D eigenvalue weighted by Gasteiger charge is -2.10. The lowest BCUT2D eigenvalue weighted by Crippen LogP contribution is -2.42. The van der Waals surface area contributed by atoms with Crippen molar-refractivity contribution in [2.75, 3.05) is 0 Å². The maximum absolute atomic E-state index is 14.0. The molecule has 0 bridgehead atoms. The van der Waals surface area contributed by atoms with Crippen molar-refractivity contribution in [2.24, 2.45) is 0 Å². The van der Waals surface area contributed by atoms with Crippen LogP contribution in [0.3, 0.4) is 0 Å². The summed E-state index contributed by atoms with van der Waals surface area (Å²) in [6, 6.07) is 16.7. The molecular weight excluding hydrogens is 455 g/mol. The Morgan fingerprint density at radius 1 is 1.03 bits per heavy atom. The number of hydrazine groups is 1. The number of fused-ring (bicyclic) bond motifs is 1. The van der Waals surface area contributed by atoms with Crippen LogP contribution in [0.15, 0.2) is 71.5 Å². The second-order valence-electron chi connectivity index (χ2n) is 7.38. The quantitative estimate of drug-likeness (QED) is 0.323. The Hall–Kier alpha value is -4.11. The monoisotopic (exact) mass is 476 g/mol. The summed E-state index contributed by atoms with van der Waals surface area (Å²) in [5.74, 6) is -1.51. The Morgan fingerprint density at radius 2 is 1.76 bits per heavy atom. The largest absolute Gasteiger partial charge is 0.290 e. The van der Waals surface area contributed by atoms with Gasteiger partial charge >= 0.3 is 0 Å². The van der Waals surface area contributed by atoms with E-state index in [2.05, 4.69) is 16.0 Å². The summed E-state index contributed by atoms with van der Waals surface area (Å²) in [4.78, 5) is 39.0. The van der Waals surface area contributed by atoms with Gasteiger partial charge in [-0.2, -0.15) is 5.10 Å². The van der Waals surface area contributed by atoms with Crippen LogP contribution in [0.1, 0.15) is 28.7 Å². The molecule has 0 saturated heterocycles. The number of hydrogen-bond acceptors (Lipinski definition) is 5. The smallest absolute Gasteiger partial charge is 0.268 e. The number of benzene rings is 2. The van der Waals surface area contributed by atoms with Crippen LogP contribution < -0.4 is 16.4 Å². The molecule has 0 aliphatic carbocycles. The first kappa shape index (κ1) is 23.1. The summed E-state index contributed by atoms with van der Waals surface area (Å²) in [5.41, 5.74) is 4.93. The van der Waals surface area contributed by atoms with Crippen LogP contribution in [0.5, 0.6) is 0 Å². The molecule has 2 amide bonds. The van der Waals surface area contributed by atoms with E-state index >= 15 is 0 Å². The van der Waals surface area contributed by atoms with Crippen molar-refractivity contribution in [2.45, 2.75) is 19.9 Å². The van der Waals surface area contributed by atoms with Gasteiger partial charge in [0, 0.05) is 33.3 Å². The number of amides is 2. The van der Waals surface area contributed by atoms with E-state index in [0.29, 0.717) is 29.3 Å². The average Bonchev–Trinajstić information content (AvgIpc) is 3.32. The standard InChI is InChI=1S/C25H21FN4O3S/c1-2-15-30-25(33)18-8-4-3-7-17(18)23(29-30)24(32)28-27-22(31)14-12-16-11-13-21(34-16)19-9-5-6-10-20(19)26/h3-14H,2,15H2,1H3,(H,27,31)(H,28,32)/b14-12+. The summed E-state index contributed by atoms with van der Waals surface area (Å²) in [6.45, 7) is 2.28. The predicted octanol–water partition coefficient (Wildman–Crippen LogP) is 4.15. The number of hydrogen-bond donors (Lipinski definition) is 2. The molecule has 0 spiro atoms. The van der Waals surface area contributed by atoms with E-state index in [1.54, 1.807) is 60.7 Å². The molecule has 7 nitrogen and oxygen atoms in total. The van der Waals surface area contributed by atoms with Gasteiger partial charge in [-0.25, -0.2) is 9.07 Å². The van der Waals surface area contributed by atoms with Crippen molar-refractivity contribution in [3.63, 3.8) is 0 Å². The Kier molecular flexibility index (Phi) is 6.93. The summed E-state index contributed by atoms with van der Waals surface area (Å²) in [5, 5.41) is 4.98. The fourth-order valence-corrected chi connectivity index (χ4v) is 4.33. The average molecular weight is 477 g/mol. The third kappa shape index (κ3) is 4.94. The van der Waals surface area contributed by atoms with Crippen LogP contribution in [-0.2, 0) is 11.3 Å². The van der Waals surface area contributed by atoms with Crippen molar-refractivity contribution >= 4 is 40.0 Å². The second-order valence-corrected chi connectivity index (χ2v) is 8.50. The number of rotatable bonds is 6. The topological polar surface area (TPSA) is 93.1 Å². The van der Waals surface area contributed by atoms with E-state index in [9.17, 15) is 18.8 Å². The summed E-state index contributed by atoms with van der Waals surface area (Å²) < 4.78 is 15.2. The van der Waals surface area contributed by atoms with Gasteiger partial charge in [0.25, 0.3) is 17.4 Å². The number of carbonyl (C=O) groups is 2. The Balaban J connectivity index is 1.45. The zero-order valence-corrected chi connectivity index (χ0v) is 19.1. The van der Waals surface area contributed by atoms with E-state index in [1.165, 1.54) is 28.2 Å². The van der Waals surface area contributed by atoms with Crippen molar-refractivity contribution in [1.29, 1.82) is 0 Å². The van der Waals surface area contributed by atoms with E-state index in [0.717, 1.165) is 9.75 Å². The molecule has 0 fully saturated rings. The number of aromatic nitrogens is 2. The number of carbonyl (C=O) groups excluding carboxylic acids is 2. The highest BCUT2D eigenvalue weighted by atomic mass is 32.1. The maximum Gasteiger partial charge on any atom is 0.290 e. The minimum absolute atomic E-state index is 0.0423. The molecule has 172 valence electrons. The Bertz CT molecular complexity index is 1460. The summed E-state index contributed by atoms with van der Waals surface area (Å²) in [6.07, 6.45) is 3.52. The number of thiophene rings is 1. The Labute approximate surface area is 198 Å². The molecule has 0 radical (unpaired) electrons. The fourth-order valence-electron chi connectivity index (χ4n) is 3.39. The van der Waals surface area contributed by atoms with E-state index in [4.69, 9.17) is 0 Å². The SMILES string of the molecule is CCCn1nc(C(=O)NNC(=O)/C=C/c2ccc(-c3ccccc3F)s2)c2ccccc2c1=O. The van der Waals surface area contributed by atoms with E-state index in [1.807, 2.05) is 6.92 Å². The molecule has 0 unspecified atom stereocenters.